The fraction of sp³-hybridized carbons (Fsp3) is 0.238. The second kappa shape index (κ2) is 9.98. The zero-order chi connectivity index (χ0) is 21.0. The number of fused-ring (bicyclic) bond motifs is 2. The molecule has 4 rings (SSSR count). The van der Waals surface area contributed by atoms with Crippen LogP contribution in [0.3, 0.4) is 0 Å². The van der Waals surface area contributed by atoms with Crippen molar-refractivity contribution in [2.75, 3.05) is 0 Å². The molecular formula is C21H21Cl4N3Pt. The molecule has 4 aromatic rings. The van der Waals surface area contributed by atoms with E-state index in [1.54, 1.807) is 0 Å². The van der Waals surface area contributed by atoms with E-state index < -0.39 is 11.9 Å². The Balaban J connectivity index is 0.000000431. The van der Waals surface area contributed by atoms with Crippen molar-refractivity contribution in [2.24, 2.45) is 5.92 Å². The number of aryl methyl sites for hydroxylation is 1. The first-order valence-electron chi connectivity index (χ1n) is 9.01. The minimum absolute atomic E-state index is 0.657. The Bertz CT molecular complexity index is 1090. The molecule has 2 heterocycles. The molecule has 0 aliphatic rings. The van der Waals surface area contributed by atoms with Crippen LogP contribution in [-0.4, -0.2) is 14.5 Å². The molecule has 0 unspecified atom stereocenters. The maximum atomic E-state index is 5.01. The molecule has 0 saturated heterocycles. The van der Waals surface area contributed by atoms with Crippen molar-refractivity contribution in [1.29, 1.82) is 0 Å². The first-order valence-corrected chi connectivity index (χ1v) is 20.3. The Labute approximate surface area is 189 Å². The molecule has 0 atom stereocenters. The summed E-state index contributed by atoms with van der Waals surface area (Å²) in [5, 5.41) is 1.15. The third-order valence-corrected chi connectivity index (χ3v) is 4.46. The first-order chi connectivity index (χ1) is 13.7. The molecule has 158 valence electrons. The van der Waals surface area contributed by atoms with Gasteiger partial charge in [0.2, 0.25) is 0 Å². The number of imidazole rings is 1. The van der Waals surface area contributed by atoms with E-state index in [2.05, 4.69) is 65.9 Å². The van der Waals surface area contributed by atoms with Crippen molar-refractivity contribution in [3.63, 3.8) is 0 Å². The van der Waals surface area contributed by atoms with E-state index in [1.807, 2.05) is 18.3 Å². The molecule has 0 spiro atoms. The number of rotatable bonds is 4. The summed E-state index contributed by atoms with van der Waals surface area (Å²) in [5.41, 5.74) is 4.36. The minimum atomic E-state index is -3.06. The maximum absolute atomic E-state index is 5.01. The van der Waals surface area contributed by atoms with Crippen LogP contribution in [0.25, 0.3) is 33.3 Å². The van der Waals surface area contributed by atoms with E-state index in [9.17, 15) is 0 Å². The van der Waals surface area contributed by atoms with E-state index >= 15 is 0 Å². The molecule has 0 fully saturated rings. The number of hydrogen-bond acceptors (Lipinski definition) is 2. The number of pyridine rings is 1. The van der Waals surface area contributed by atoms with E-state index in [0.29, 0.717) is 5.92 Å². The number of halogens is 4. The number of benzene rings is 2. The van der Waals surface area contributed by atoms with Crippen molar-refractivity contribution < 1.29 is 11.9 Å². The predicted molar refractivity (Wildman–Crippen MR) is 123 cm³/mol. The SMILES string of the molecule is CC(C)CCn1c(-c2cccc3cccnc23)nc2ccccc21.[Cl][Pt]([Cl])([Cl])[Cl]. The number of aromatic nitrogens is 3. The molecule has 3 nitrogen and oxygen atoms in total. The molecule has 29 heavy (non-hydrogen) atoms. The molecular weight excluding hydrogens is 631 g/mol. The van der Waals surface area contributed by atoms with Gasteiger partial charge in [0.25, 0.3) is 0 Å². The molecule has 2 aromatic heterocycles. The van der Waals surface area contributed by atoms with Crippen molar-refractivity contribution in [2.45, 2.75) is 26.8 Å². The van der Waals surface area contributed by atoms with Crippen LogP contribution in [0.1, 0.15) is 20.3 Å². The van der Waals surface area contributed by atoms with Crippen molar-refractivity contribution in [3.05, 3.63) is 60.8 Å². The summed E-state index contributed by atoms with van der Waals surface area (Å²) in [4.78, 5) is 9.54. The van der Waals surface area contributed by atoms with Gasteiger partial charge in [-0.15, -0.1) is 0 Å². The van der Waals surface area contributed by atoms with Crippen LogP contribution >= 0.6 is 37.7 Å². The molecule has 0 radical (unpaired) electrons. The van der Waals surface area contributed by atoms with Crippen molar-refractivity contribution in [1.82, 2.24) is 14.5 Å². The second-order valence-corrected chi connectivity index (χ2v) is 26.6. The zero-order valence-corrected chi connectivity index (χ0v) is 21.2. The molecule has 2 aromatic carbocycles. The number of nitrogens with zero attached hydrogens (tertiary/aromatic N) is 3. The molecule has 0 N–H and O–H groups in total. The summed E-state index contributed by atoms with van der Waals surface area (Å²) in [6.45, 7) is 5.49. The van der Waals surface area contributed by atoms with Gasteiger partial charge in [0, 0.05) is 23.7 Å². The molecule has 0 saturated carbocycles. The standard InChI is InChI=1S/C21H21N3.4ClH.Pt/c1-15(2)12-14-24-19-11-4-3-10-18(19)23-21(24)17-9-5-7-16-8-6-13-22-20(16)17;;;;;/h3-11,13,15H,12,14H2,1-2H3;4*1H;/q;;;;;+4/p-4. The van der Waals surface area contributed by atoms with Gasteiger partial charge >= 0.3 is 49.6 Å². The predicted octanol–water partition coefficient (Wildman–Crippen LogP) is 8.05. The van der Waals surface area contributed by atoms with E-state index in [1.165, 1.54) is 5.52 Å². The molecule has 0 amide bonds. The first kappa shape index (κ1) is 22.8. The Morgan fingerprint density at radius 1 is 0.931 bits per heavy atom. The summed E-state index contributed by atoms with van der Waals surface area (Å²) < 4.78 is 2.35. The topological polar surface area (TPSA) is 30.7 Å². The van der Waals surface area contributed by atoms with Gasteiger partial charge in [-0.3, -0.25) is 4.98 Å². The van der Waals surface area contributed by atoms with Gasteiger partial charge in [0.1, 0.15) is 5.82 Å². The normalized spacial score (nSPS) is 12.2. The van der Waals surface area contributed by atoms with Crippen LogP contribution in [0.4, 0.5) is 0 Å². The summed E-state index contributed by atoms with van der Waals surface area (Å²) in [6.07, 6.45) is 2.98. The van der Waals surface area contributed by atoms with Gasteiger partial charge in [-0.1, -0.05) is 44.2 Å². The fourth-order valence-electron chi connectivity index (χ4n) is 3.18. The van der Waals surface area contributed by atoms with Crippen LogP contribution in [-0.2, 0) is 18.4 Å². The molecule has 0 bridgehead atoms. The van der Waals surface area contributed by atoms with Crippen LogP contribution < -0.4 is 0 Å². The van der Waals surface area contributed by atoms with Crippen molar-refractivity contribution >= 4 is 59.6 Å². The summed E-state index contributed by atoms with van der Waals surface area (Å²) in [6, 6.07) is 18.8. The average molecular weight is 652 g/mol. The second-order valence-electron chi connectivity index (χ2n) is 6.91. The molecule has 8 heteroatoms. The van der Waals surface area contributed by atoms with Gasteiger partial charge in [-0.05, 0) is 36.6 Å². The number of para-hydroxylation sites is 3. The van der Waals surface area contributed by atoms with Gasteiger partial charge in [-0.25, -0.2) is 4.98 Å². The summed E-state index contributed by atoms with van der Waals surface area (Å²) in [7, 11) is 20.0. The molecule has 0 aliphatic carbocycles. The average Bonchev–Trinajstić information content (AvgIpc) is 3.03. The van der Waals surface area contributed by atoms with Crippen LogP contribution in [0.15, 0.2) is 60.8 Å². The third kappa shape index (κ3) is 6.32. The number of hydrogen-bond donors (Lipinski definition) is 0. The zero-order valence-electron chi connectivity index (χ0n) is 15.9. The van der Waals surface area contributed by atoms with Gasteiger partial charge in [0.05, 0.1) is 16.6 Å². The Kier molecular flexibility index (Phi) is 7.86. The van der Waals surface area contributed by atoms with Gasteiger partial charge < -0.3 is 4.57 Å². The van der Waals surface area contributed by atoms with Crippen LogP contribution in [0.2, 0.25) is 0 Å². The van der Waals surface area contributed by atoms with Gasteiger partial charge in [-0.2, -0.15) is 0 Å². The van der Waals surface area contributed by atoms with E-state index in [4.69, 9.17) is 42.7 Å². The molecule has 0 aliphatic heterocycles. The van der Waals surface area contributed by atoms with Crippen LogP contribution in [0.5, 0.6) is 0 Å². The summed E-state index contributed by atoms with van der Waals surface area (Å²) >= 11 is -3.06. The van der Waals surface area contributed by atoms with Gasteiger partial charge in [0.15, 0.2) is 0 Å². The Morgan fingerprint density at radius 3 is 2.34 bits per heavy atom. The van der Waals surface area contributed by atoms with E-state index in [-0.39, 0.29) is 0 Å². The Hall–Kier alpha value is -0.832. The Morgan fingerprint density at radius 2 is 1.62 bits per heavy atom. The van der Waals surface area contributed by atoms with E-state index in [0.717, 1.165) is 40.8 Å². The summed E-state index contributed by atoms with van der Waals surface area (Å²) in [5.74, 6) is 1.67. The fourth-order valence-corrected chi connectivity index (χ4v) is 3.18. The quantitative estimate of drug-likeness (QED) is 0.224. The third-order valence-electron chi connectivity index (χ3n) is 4.46. The van der Waals surface area contributed by atoms with Crippen molar-refractivity contribution in [3.8, 4) is 11.4 Å². The monoisotopic (exact) mass is 650 g/mol. The van der Waals surface area contributed by atoms with Crippen LogP contribution in [0, 0.1) is 5.92 Å².